The molecule has 1 amide bonds. The molecule has 16 heavy (non-hydrogen) atoms. The van der Waals surface area contributed by atoms with E-state index in [1.165, 1.54) is 19.3 Å². The molecule has 0 aromatic heterocycles. The van der Waals surface area contributed by atoms with Crippen molar-refractivity contribution in [1.82, 2.24) is 5.32 Å². The fourth-order valence-electron chi connectivity index (χ4n) is 2.55. The Morgan fingerprint density at radius 2 is 2.06 bits per heavy atom. The van der Waals surface area contributed by atoms with Crippen LogP contribution in [0.2, 0.25) is 0 Å². The van der Waals surface area contributed by atoms with E-state index in [0.29, 0.717) is 17.9 Å². The van der Waals surface area contributed by atoms with Crippen LogP contribution in [0, 0.1) is 11.8 Å². The molecule has 0 aromatic rings. The van der Waals surface area contributed by atoms with E-state index in [1.807, 2.05) is 0 Å². The minimum atomic E-state index is -0.0231. The summed E-state index contributed by atoms with van der Waals surface area (Å²) in [5.74, 6) is 1.20. The van der Waals surface area contributed by atoms with Crippen molar-refractivity contribution in [1.29, 1.82) is 0 Å². The number of nitrogens with two attached hydrogens (primary N) is 1. The molecular formula is C12H22N2OS. The summed E-state index contributed by atoms with van der Waals surface area (Å²) in [7, 11) is 0. The highest BCUT2D eigenvalue weighted by Gasteiger charge is 2.28. The predicted octanol–water partition coefficient (Wildman–Crippen LogP) is 1.99. The summed E-state index contributed by atoms with van der Waals surface area (Å²) in [4.78, 5) is 11.9. The van der Waals surface area contributed by atoms with E-state index in [0.717, 1.165) is 6.42 Å². The Bertz CT molecular complexity index is 266. The van der Waals surface area contributed by atoms with Gasteiger partial charge in [0.2, 0.25) is 5.91 Å². The lowest BCUT2D eigenvalue weighted by Crippen LogP contribution is -2.44. The quantitative estimate of drug-likeness (QED) is 0.741. The number of rotatable bonds is 4. The van der Waals surface area contributed by atoms with Gasteiger partial charge in [-0.3, -0.25) is 4.79 Å². The van der Waals surface area contributed by atoms with Gasteiger partial charge < -0.3 is 11.1 Å². The molecule has 4 heteroatoms. The molecule has 0 bridgehead atoms. The lowest BCUT2D eigenvalue weighted by molar-refractivity contribution is -0.121. The van der Waals surface area contributed by atoms with E-state index in [-0.39, 0.29) is 17.3 Å². The highest BCUT2D eigenvalue weighted by molar-refractivity contribution is 7.80. The third kappa shape index (κ3) is 4.08. The van der Waals surface area contributed by atoms with Crippen molar-refractivity contribution in [2.24, 2.45) is 17.6 Å². The minimum absolute atomic E-state index is 0.0231. The van der Waals surface area contributed by atoms with Gasteiger partial charge in [-0.1, -0.05) is 38.9 Å². The van der Waals surface area contributed by atoms with Gasteiger partial charge in [-0.15, -0.1) is 0 Å². The van der Waals surface area contributed by atoms with Crippen LogP contribution in [0.25, 0.3) is 0 Å². The average Bonchev–Trinajstić information content (AvgIpc) is 2.16. The number of carbonyl (C=O) groups is 1. The van der Waals surface area contributed by atoms with E-state index in [9.17, 15) is 4.79 Å². The van der Waals surface area contributed by atoms with Crippen molar-refractivity contribution in [2.75, 3.05) is 0 Å². The number of amides is 1. The molecule has 3 N–H and O–H groups in total. The maximum Gasteiger partial charge on any atom is 0.227 e. The van der Waals surface area contributed by atoms with E-state index in [2.05, 4.69) is 19.2 Å². The smallest absolute Gasteiger partial charge is 0.227 e. The SMILES string of the molecule is CC(C)C1CCCCC1NC(=O)CC(N)=S. The summed E-state index contributed by atoms with van der Waals surface area (Å²) in [5, 5.41) is 3.08. The molecule has 1 rings (SSSR count). The summed E-state index contributed by atoms with van der Waals surface area (Å²) in [6.07, 6.45) is 4.98. The summed E-state index contributed by atoms with van der Waals surface area (Å²) in [6.45, 7) is 4.45. The number of thiocarbonyl (C=S) groups is 1. The molecule has 0 spiro atoms. The maximum atomic E-state index is 11.6. The van der Waals surface area contributed by atoms with E-state index in [4.69, 9.17) is 18.0 Å². The Morgan fingerprint density at radius 1 is 1.44 bits per heavy atom. The number of hydrogen-bond acceptors (Lipinski definition) is 2. The lowest BCUT2D eigenvalue weighted by atomic mass is 9.78. The molecule has 0 radical (unpaired) electrons. The molecule has 0 aliphatic heterocycles. The fourth-order valence-corrected chi connectivity index (χ4v) is 2.68. The van der Waals surface area contributed by atoms with Crippen molar-refractivity contribution >= 4 is 23.1 Å². The van der Waals surface area contributed by atoms with Gasteiger partial charge in [-0.2, -0.15) is 0 Å². The molecule has 0 aromatic carbocycles. The van der Waals surface area contributed by atoms with Crippen molar-refractivity contribution in [3.8, 4) is 0 Å². The molecule has 3 nitrogen and oxygen atoms in total. The zero-order chi connectivity index (χ0) is 12.1. The molecule has 92 valence electrons. The predicted molar refractivity (Wildman–Crippen MR) is 70.1 cm³/mol. The monoisotopic (exact) mass is 242 g/mol. The van der Waals surface area contributed by atoms with Crippen molar-refractivity contribution in [3.63, 3.8) is 0 Å². The van der Waals surface area contributed by atoms with Crippen LogP contribution in [0.3, 0.4) is 0 Å². The van der Waals surface area contributed by atoms with Crippen LogP contribution in [-0.2, 0) is 4.79 Å². The second kappa shape index (κ2) is 6.18. The van der Waals surface area contributed by atoms with Crippen LogP contribution in [0.5, 0.6) is 0 Å². The first-order valence-corrected chi connectivity index (χ1v) is 6.49. The van der Waals surface area contributed by atoms with Gasteiger partial charge in [-0.25, -0.2) is 0 Å². The second-order valence-electron chi connectivity index (χ2n) is 5.01. The van der Waals surface area contributed by atoms with Crippen LogP contribution < -0.4 is 11.1 Å². The van der Waals surface area contributed by atoms with Crippen LogP contribution in [0.1, 0.15) is 46.0 Å². The van der Waals surface area contributed by atoms with E-state index < -0.39 is 0 Å². The summed E-state index contributed by atoms with van der Waals surface area (Å²) in [6, 6.07) is 0.315. The normalized spacial score (nSPS) is 25.4. The molecule has 0 saturated heterocycles. The van der Waals surface area contributed by atoms with Gasteiger partial charge in [0.1, 0.15) is 0 Å². The average molecular weight is 242 g/mol. The number of carbonyl (C=O) groups excluding carboxylic acids is 1. The zero-order valence-corrected chi connectivity index (χ0v) is 11.0. The Kier molecular flexibility index (Phi) is 5.19. The van der Waals surface area contributed by atoms with Gasteiger partial charge in [0.25, 0.3) is 0 Å². The third-order valence-electron chi connectivity index (χ3n) is 3.36. The Morgan fingerprint density at radius 3 is 2.62 bits per heavy atom. The topological polar surface area (TPSA) is 55.1 Å². The first-order chi connectivity index (χ1) is 7.50. The van der Waals surface area contributed by atoms with Gasteiger partial charge in [0.15, 0.2) is 0 Å². The van der Waals surface area contributed by atoms with Gasteiger partial charge >= 0.3 is 0 Å². The van der Waals surface area contributed by atoms with Gasteiger partial charge in [0.05, 0.1) is 11.4 Å². The largest absolute Gasteiger partial charge is 0.393 e. The highest BCUT2D eigenvalue weighted by Crippen LogP contribution is 2.30. The second-order valence-corrected chi connectivity index (χ2v) is 5.53. The lowest BCUT2D eigenvalue weighted by Gasteiger charge is -2.34. The van der Waals surface area contributed by atoms with Crippen molar-refractivity contribution in [3.05, 3.63) is 0 Å². The molecule has 2 atom stereocenters. The molecule has 0 heterocycles. The van der Waals surface area contributed by atoms with Crippen LogP contribution in [-0.4, -0.2) is 16.9 Å². The first-order valence-electron chi connectivity index (χ1n) is 6.08. The van der Waals surface area contributed by atoms with Gasteiger partial charge in [-0.05, 0) is 24.7 Å². The van der Waals surface area contributed by atoms with Crippen LogP contribution >= 0.6 is 12.2 Å². The molecule has 1 saturated carbocycles. The van der Waals surface area contributed by atoms with Crippen molar-refractivity contribution < 1.29 is 4.79 Å². The maximum absolute atomic E-state index is 11.6. The molecule has 2 unspecified atom stereocenters. The Labute approximate surface area is 103 Å². The van der Waals surface area contributed by atoms with E-state index >= 15 is 0 Å². The summed E-state index contributed by atoms with van der Waals surface area (Å²) in [5.41, 5.74) is 5.36. The Hall–Kier alpha value is -0.640. The molecule has 1 aliphatic carbocycles. The zero-order valence-electron chi connectivity index (χ0n) is 10.2. The third-order valence-corrected chi connectivity index (χ3v) is 3.50. The highest BCUT2D eigenvalue weighted by atomic mass is 32.1. The van der Waals surface area contributed by atoms with Crippen molar-refractivity contribution in [2.45, 2.75) is 52.0 Å². The standard InChI is InChI=1S/C12H22N2OS/c1-8(2)9-5-3-4-6-10(9)14-12(15)7-11(13)16/h8-10H,3-7H2,1-2H3,(H2,13,16)(H,14,15). The molecule has 1 aliphatic rings. The number of hydrogen-bond donors (Lipinski definition) is 2. The fraction of sp³-hybridized carbons (Fsp3) is 0.833. The minimum Gasteiger partial charge on any atom is -0.393 e. The van der Waals surface area contributed by atoms with Crippen LogP contribution in [0.15, 0.2) is 0 Å². The summed E-state index contributed by atoms with van der Waals surface area (Å²) < 4.78 is 0. The summed E-state index contributed by atoms with van der Waals surface area (Å²) >= 11 is 4.74. The number of nitrogens with one attached hydrogen (secondary N) is 1. The van der Waals surface area contributed by atoms with Gasteiger partial charge in [0, 0.05) is 6.04 Å². The molecule has 1 fully saturated rings. The molecular weight excluding hydrogens is 220 g/mol. The first kappa shape index (κ1) is 13.4. The Balaban J connectivity index is 2.49. The van der Waals surface area contributed by atoms with E-state index in [1.54, 1.807) is 0 Å². The van der Waals surface area contributed by atoms with Crippen LogP contribution in [0.4, 0.5) is 0 Å².